The molecule has 3 heterocycles. The van der Waals surface area contributed by atoms with E-state index >= 15 is 0 Å². The number of hydrogen-bond acceptors (Lipinski definition) is 3. The van der Waals surface area contributed by atoms with Crippen molar-refractivity contribution in [3.8, 4) is 11.3 Å². The van der Waals surface area contributed by atoms with Crippen molar-refractivity contribution in [3.63, 3.8) is 0 Å². The number of pyridine rings is 2. The highest BCUT2D eigenvalue weighted by Gasteiger charge is 2.13. The highest BCUT2D eigenvalue weighted by molar-refractivity contribution is 6.08. The number of nitrogens with zero attached hydrogens (tertiary/aromatic N) is 2. The third-order valence-corrected chi connectivity index (χ3v) is 4.41. The van der Waals surface area contributed by atoms with Gasteiger partial charge in [0.25, 0.3) is 0 Å². The van der Waals surface area contributed by atoms with Crippen molar-refractivity contribution in [2.45, 2.75) is 6.92 Å². The second kappa shape index (κ2) is 4.90. The van der Waals surface area contributed by atoms with Crippen molar-refractivity contribution in [2.24, 2.45) is 0 Å². The van der Waals surface area contributed by atoms with Crippen molar-refractivity contribution in [3.05, 3.63) is 72.6 Å². The van der Waals surface area contributed by atoms with Crippen LogP contribution in [0.4, 0.5) is 0 Å². The number of aryl methyl sites for hydroxylation is 1. The van der Waals surface area contributed by atoms with Crippen LogP contribution in [0.3, 0.4) is 0 Å². The minimum Gasteiger partial charge on any atom is -0.437 e. The van der Waals surface area contributed by atoms with Gasteiger partial charge in [-0.2, -0.15) is 0 Å². The first-order valence-corrected chi connectivity index (χ1v) is 7.94. The highest BCUT2D eigenvalue weighted by atomic mass is 16.3. The first kappa shape index (κ1) is 13.3. The van der Waals surface area contributed by atoms with Crippen molar-refractivity contribution in [1.82, 2.24) is 9.97 Å². The van der Waals surface area contributed by atoms with E-state index in [0.717, 1.165) is 38.7 Å². The fourth-order valence-corrected chi connectivity index (χ4v) is 3.20. The third-order valence-electron chi connectivity index (χ3n) is 4.41. The standard InChI is InChI=1S/C21H14N2O/c1-13-9-10-17-16-7-4-8-18(20(16)24-21(17)23-13)19-11-14-5-2-3-6-15(14)12-22-19/h2-12H,1H3. The Morgan fingerprint density at radius 1 is 0.833 bits per heavy atom. The maximum absolute atomic E-state index is 6.08. The van der Waals surface area contributed by atoms with E-state index in [2.05, 4.69) is 46.4 Å². The van der Waals surface area contributed by atoms with E-state index < -0.39 is 0 Å². The van der Waals surface area contributed by atoms with Gasteiger partial charge in [-0.05, 0) is 36.6 Å². The van der Waals surface area contributed by atoms with Crippen LogP contribution in [-0.4, -0.2) is 9.97 Å². The maximum atomic E-state index is 6.08. The molecule has 0 amide bonds. The Morgan fingerprint density at radius 2 is 1.71 bits per heavy atom. The van der Waals surface area contributed by atoms with Crippen LogP contribution in [0, 0.1) is 6.92 Å². The van der Waals surface area contributed by atoms with E-state index in [4.69, 9.17) is 4.42 Å². The topological polar surface area (TPSA) is 38.9 Å². The summed E-state index contributed by atoms with van der Waals surface area (Å²) < 4.78 is 6.08. The molecule has 3 aromatic heterocycles. The van der Waals surface area contributed by atoms with Gasteiger partial charge in [-0.25, -0.2) is 4.98 Å². The van der Waals surface area contributed by atoms with E-state index in [0.29, 0.717) is 5.71 Å². The molecule has 0 aliphatic heterocycles. The van der Waals surface area contributed by atoms with E-state index in [1.165, 1.54) is 5.39 Å². The van der Waals surface area contributed by atoms with Crippen molar-refractivity contribution >= 4 is 32.8 Å². The Labute approximate surface area is 138 Å². The summed E-state index contributed by atoms with van der Waals surface area (Å²) in [4.78, 5) is 9.15. The largest absolute Gasteiger partial charge is 0.437 e. The predicted octanol–water partition coefficient (Wildman–Crippen LogP) is 5.50. The molecule has 0 unspecified atom stereocenters. The number of furan rings is 1. The van der Waals surface area contributed by atoms with Gasteiger partial charge in [0.1, 0.15) is 5.58 Å². The molecule has 3 nitrogen and oxygen atoms in total. The minimum absolute atomic E-state index is 0.679. The van der Waals surface area contributed by atoms with E-state index in [1.54, 1.807) is 0 Å². The van der Waals surface area contributed by atoms with Crippen LogP contribution in [0.25, 0.3) is 44.1 Å². The summed E-state index contributed by atoms with van der Waals surface area (Å²) in [6.45, 7) is 1.97. The molecule has 0 bridgehead atoms. The second-order valence-corrected chi connectivity index (χ2v) is 6.01. The summed E-state index contributed by atoms with van der Waals surface area (Å²) >= 11 is 0. The molecule has 3 heteroatoms. The van der Waals surface area contributed by atoms with Gasteiger partial charge in [0.15, 0.2) is 0 Å². The molecule has 24 heavy (non-hydrogen) atoms. The van der Waals surface area contributed by atoms with Gasteiger partial charge in [0.2, 0.25) is 5.71 Å². The van der Waals surface area contributed by atoms with Crippen molar-refractivity contribution in [1.29, 1.82) is 0 Å². The summed E-state index contributed by atoms with van der Waals surface area (Å²) in [7, 11) is 0. The second-order valence-electron chi connectivity index (χ2n) is 6.01. The molecule has 0 spiro atoms. The van der Waals surface area contributed by atoms with Gasteiger partial charge in [0.05, 0.1) is 5.69 Å². The normalized spacial score (nSPS) is 11.5. The lowest BCUT2D eigenvalue weighted by atomic mass is 10.0. The van der Waals surface area contributed by atoms with Gasteiger partial charge >= 0.3 is 0 Å². The molecule has 5 aromatic rings. The highest BCUT2D eigenvalue weighted by Crippen LogP contribution is 2.35. The fraction of sp³-hybridized carbons (Fsp3) is 0.0476. The monoisotopic (exact) mass is 310 g/mol. The van der Waals surface area contributed by atoms with Crippen LogP contribution < -0.4 is 0 Å². The number of para-hydroxylation sites is 1. The van der Waals surface area contributed by atoms with E-state index in [1.807, 2.05) is 37.4 Å². The third kappa shape index (κ3) is 1.91. The number of hydrogen-bond donors (Lipinski definition) is 0. The number of fused-ring (bicyclic) bond motifs is 4. The van der Waals surface area contributed by atoms with Gasteiger partial charge in [-0.1, -0.05) is 36.4 Å². The zero-order chi connectivity index (χ0) is 16.1. The SMILES string of the molecule is Cc1ccc2c(n1)oc1c(-c3cc4ccccc4cn3)cccc12. The average molecular weight is 310 g/mol. The zero-order valence-corrected chi connectivity index (χ0v) is 13.2. The molecule has 0 atom stereocenters. The number of benzene rings is 2. The van der Waals surface area contributed by atoms with E-state index in [9.17, 15) is 0 Å². The lowest BCUT2D eigenvalue weighted by molar-refractivity contribution is 0.653. The summed E-state index contributed by atoms with van der Waals surface area (Å²) in [6, 6.07) is 20.6. The molecule has 0 N–H and O–H groups in total. The summed E-state index contributed by atoms with van der Waals surface area (Å²) in [5.41, 5.74) is 4.38. The molecule has 0 saturated heterocycles. The molecule has 0 radical (unpaired) electrons. The van der Waals surface area contributed by atoms with Crippen molar-refractivity contribution < 1.29 is 4.42 Å². The van der Waals surface area contributed by atoms with Gasteiger partial charge in [-0.3, -0.25) is 4.98 Å². The summed E-state index contributed by atoms with van der Waals surface area (Å²) in [5.74, 6) is 0. The molecule has 0 aliphatic carbocycles. The van der Waals surface area contributed by atoms with Crippen LogP contribution in [0.15, 0.2) is 71.3 Å². The lowest BCUT2D eigenvalue weighted by Crippen LogP contribution is -1.84. The Hall–Kier alpha value is -3.20. The summed E-state index contributed by atoms with van der Waals surface area (Å²) in [6.07, 6.45) is 1.91. The summed E-state index contributed by atoms with van der Waals surface area (Å²) in [5, 5.41) is 4.42. The average Bonchev–Trinajstić information content (AvgIpc) is 2.98. The van der Waals surface area contributed by atoms with Crippen molar-refractivity contribution in [2.75, 3.05) is 0 Å². The minimum atomic E-state index is 0.679. The molecule has 2 aromatic carbocycles. The first-order chi connectivity index (χ1) is 11.8. The first-order valence-electron chi connectivity index (χ1n) is 7.94. The molecular formula is C21H14N2O. The van der Waals surface area contributed by atoms with Gasteiger partial charge < -0.3 is 4.42 Å². The Morgan fingerprint density at radius 3 is 2.62 bits per heavy atom. The number of aromatic nitrogens is 2. The van der Waals surface area contributed by atoms with Crippen LogP contribution in [-0.2, 0) is 0 Å². The van der Waals surface area contributed by atoms with Gasteiger partial charge in [-0.15, -0.1) is 0 Å². The molecule has 114 valence electrons. The lowest BCUT2D eigenvalue weighted by Gasteiger charge is -2.04. The van der Waals surface area contributed by atoms with Crippen LogP contribution in [0.2, 0.25) is 0 Å². The quantitative estimate of drug-likeness (QED) is 0.410. The van der Waals surface area contributed by atoms with Gasteiger partial charge in [0, 0.05) is 33.6 Å². The maximum Gasteiger partial charge on any atom is 0.227 e. The van der Waals surface area contributed by atoms with Crippen LogP contribution >= 0.6 is 0 Å². The zero-order valence-electron chi connectivity index (χ0n) is 13.2. The van der Waals surface area contributed by atoms with E-state index in [-0.39, 0.29) is 0 Å². The van der Waals surface area contributed by atoms with Crippen LogP contribution in [0.1, 0.15) is 5.69 Å². The molecule has 5 rings (SSSR count). The molecule has 0 saturated carbocycles. The molecular weight excluding hydrogens is 296 g/mol. The number of rotatable bonds is 1. The Balaban J connectivity index is 1.83. The molecule has 0 aliphatic rings. The Bertz CT molecular complexity index is 1220. The molecule has 0 fully saturated rings. The Kier molecular flexibility index (Phi) is 2.71. The fourth-order valence-electron chi connectivity index (χ4n) is 3.20. The predicted molar refractivity (Wildman–Crippen MR) is 97.0 cm³/mol. The smallest absolute Gasteiger partial charge is 0.227 e. The van der Waals surface area contributed by atoms with Crippen LogP contribution in [0.5, 0.6) is 0 Å².